The molecule has 0 aliphatic rings. The van der Waals surface area contributed by atoms with Gasteiger partial charge in [0.15, 0.2) is 11.5 Å². The fourth-order valence-electron chi connectivity index (χ4n) is 1.31. The van der Waals surface area contributed by atoms with Crippen molar-refractivity contribution in [2.24, 2.45) is 0 Å². The van der Waals surface area contributed by atoms with Crippen LogP contribution in [-0.4, -0.2) is 10.2 Å². The van der Waals surface area contributed by atoms with Gasteiger partial charge in [0.1, 0.15) is 6.07 Å². The van der Waals surface area contributed by atoms with Gasteiger partial charge in [0.2, 0.25) is 0 Å². The average molecular weight is 210 g/mol. The zero-order valence-corrected chi connectivity index (χ0v) is 8.81. The molecule has 0 aliphatic heterocycles. The number of anilines is 2. The van der Waals surface area contributed by atoms with Gasteiger partial charge in [-0.1, -0.05) is 18.2 Å². The van der Waals surface area contributed by atoms with E-state index in [0.717, 1.165) is 11.3 Å². The standard InChI is InChI=1S/C12H10N4/c1-9-4-2-3-5-11(9)14-12-7-6-10(8-13)15-16-12/h2-7H,1H3,(H,14,16). The number of nitriles is 1. The predicted octanol–water partition coefficient (Wildman–Crippen LogP) is 2.40. The topological polar surface area (TPSA) is 61.6 Å². The smallest absolute Gasteiger partial charge is 0.163 e. The number of nitrogens with one attached hydrogen (secondary N) is 1. The van der Waals surface area contributed by atoms with E-state index in [9.17, 15) is 0 Å². The normalized spacial score (nSPS) is 9.50. The highest BCUT2D eigenvalue weighted by molar-refractivity contribution is 5.59. The molecule has 2 rings (SSSR count). The van der Waals surface area contributed by atoms with Crippen LogP contribution < -0.4 is 5.32 Å². The zero-order chi connectivity index (χ0) is 11.4. The lowest BCUT2D eigenvalue weighted by molar-refractivity contribution is 1.01. The van der Waals surface area contributed by atoms with Crippen LogP contribution in [0.4, 0.5) is 11.5 Å². The van der Waals surface area contributed by atoms with E-state index in [1.165, 1.54) is 0 Å². The Balaban J connectivity index is 2.22. The molecule has 78 valence electrons. The first-order chi connectivity index (χ1) is 7.79. The molecule has 1 N–H and O–H groups in total. The van der Waals surface area contributed by atoms with Gasteiger partial charge in [-0.3, -0.25) is 0 Å². The highest BCUT2D eigenvalue weighted by Gasteiger charge is 1.99. The molecule has 0 radical (unpaired) electrons. The number of nitrogens with zero attached hydrogens (tertiary/aromatic N) is 3. The molecule has 1 aromatic carbocycles. The third kappa shape index (κ3) is 2.15. The summed E-state index contributed by atoms with van der Waals surface area (Å²) in [6.07, 6.45) is 0. The lowest BCUT2D eigenvalue weighted by atomic mass is 10.2. The zero-order valence-electron chi connectivity index (χ0n) is 8.81. The molecule has 0 spiro atoms. The highest BCUT2D eigenvalue weighted by atomic mass is 15.2. The Labute approximate surface area is 93.6 Å². The maximum Gasteiger partial charge on any atom is 0.163 e. The summed E-state index contributed by atoms with van der Waals surface area (Å²) >= 11 is 0. The highest BCUT2D eigenvalue weighted by Crippen LogP contribution is 2.17. The maximum atomic E-state index is 8.59. The summed E-state index contributed by atoms with van der Waals surface area (Å²) < 4.78 is 0. The molecule has 2 aromatic rings. The molecule has 0 saturated heterocycles. The van der Waals surface area contributed by atoms with Crippen LogP contribution in [0.15, 0.2) is 36.4 Å². The molecule has 4 heteroatoms. The van der Waals surface area contributed by atoms with Gasteiger partial charge in [-0.2, -0.15) is 5.26 Å². The molecule has 0 atom stereocenters. The van der Waals surface area contributed by atoms with E-state index in [2.05, 4.69) is 15.5 Å². The molecule has 1 heterocycles. The largest absolute Gasteiger partial charge is 0.339 e. The number of aryl methyl sites for hydroxylation is 1. The van der Waals surface area contributed by atoms with Crippen LogP contribution in [0.3, 0.4) is 0 Å². The first kappa shape index (κ1) is 10.1. The quantitative estimate of drug-likeness (QED) is 0.826. The monoisotopic (exact) mass is 210 g/mol. The molecule has 0 saturated carbocycles. The Morgan fingerprint density at radius 1 is 1.12 bits per heavy atom. The van der Waals surface area contributed by atoms with Crippen LogP contribution in [0.1, 0.15) is 11.3 Å². The van der Waals surface area contributed by atoms with Gasteiger partial charge in [0, 0.05) is 5.69 Å². The van der Waals surface area contributed by atoms with Crippen molar-refractivity contribution < 1.29 is 0 Å². The first-order valence-corrected chi connectivity index (χ1v) is 4.86. The van der Waals surface area contributed by atoms with Crippen LogP contribution in [0.2, 0.25) is 0 Å². The van der Waals surface area contributed by atoms with Crippen LogP contribution in [0.25, 0.3) is 0 Å². The molecular weight excluding hydrogens is 200 g/mol. The van der Waals surface area contributed by atoms with Crippen LogP contribution in [-0.2, 0) is 0 Å². The summed E-state index contributed by atoms with van der Waals surface area (Å²) in [5.74, 6) is 0.633. The SMILES string of the molecule is Cc1ccccc1Nc1ccc(C#N)nn1. The fraction of sp³-hybridized carbons (Fsp3) is 0.0833. The van der Waals surface area contributed by atoms with Crippen molar-refractivity contribution in [1.82, 2.24) is 10.2 Å². The van der Waals surface area contributed by atoms with E-state index in [1.54, 1.807) is 12.1 Å². The maximum absolute atomic E-state index is 8.59. The van der Waals surface area contributed by atoms with Crippen molar-refractivity contribution in [3.8, 4) is 6.07 Å². The Morgan fingerprint density at radius 3 is 2.56 bits per heavy atom. The van der Waals surface area contributed by atoms with Crippen molar-refractivity contribution in [2.45, 2.75) is 6.92 Å². The Hall–Kier alpha value is -2.41. The van der Waals surface area contributed by atoms with Crippen molar-refractivity contribution in [2.75, 3.05) is 5.32 Å². The number of hydrogen-bond donors (Lipinski definition) is 1. The minimum atomic E-state index is 0.315. The van der Waals surface area contributed by atoms with Crippen molar-refractivity contribution >= 4 is 11.5 Å². The van der Waals surface area contributed by atoms with E-state index in [-0.39, 0.29) is 0 Å². The second-order valence-electron chi connectivity index (χ2n) is 3.36. The summed E-state index contributed by atoms with van der Waals surface area (Å²) in [7, 11) is 0. The van der Waals surface area contributed by atoms with Crippen molar-refractivity contribution in [3.05, 3.63) is 47.7 Å². The van der Waals surface area contributed by atoms with Gasteiger partial charge in [-0.05, 0) is 30.7 Å². The Morgan fingerprint density at radius 2 is 1.94 bits per heavy atom. The summed E-state index contributed by atoms with van der Waals surface area (Å²) in [6.45, 7) is 2.01. The molecule has 0 fully saturated rings. The number of rotatable bonds is 2. The van der Waals surface area contributed by atoms with E-state index >= 15 is 0 Å². The minimum Gasteiger partial charge on any atom is -0.339 e. The second-order valence-corrected chi connectivity index (χ2v) is 3.36. The van der Waals surface area contributed by atoms with Gasteiger partial charge in [-0.15, -0.1) is 10.2 Å². The molecule has 1 aromatic heterocycles. The third-order valence-electron chi connectivity index (χ3n) is 2.19. The summed E-state index contributed by atoms with van der Waals surface area (Å²) in [4.78, 5) is 0. The summed E-state index contributed by atoms with van der Waals surface area (Å²) in [5, 5.41) is 19.4. The minimum absolute atomic E-state index is 0.315. The van der Waals surface area contributed by atoms with E-state index < -0.39 is 0 Å². The average Bonchev–Trinajstić information content (AvgIpc) is 2.33. The number of para-hydroxylation sites is 1. The third-order valence-corrected chi connectivity index (χ3v) is 2.19. The summed E-state index contributed by atoms with van der Waals surface area (Å²) in [5.41, 5.74) is 2.44. The van der Waals surface area contributed by atoms with Crippen molar-refractivity contribution in [3.63, 3.8) is 0 Å². The number of hydrogen-bond acceptors (Lipinski definition) is 4. The van der Waals surface area contributed by atoms with Crippen LogP contribution >= 0.6 is 0 Å². The Bertz CT molecular complexity index is 525. The lowest BCUT2D eigenvalue weighted by Gasteiger charge is -2.07. The number of aromatic nitrogens is 2. The molecule has 16 heavy (non-hydrogen) atoms. The van der Waals surface area contributed by atoms with Gasteiger partial charge in [0.05, 0.1) is 0 Å². The second kappa shape index (κ2) is 4.41. The predicted molar refractivity (Wildman–Crippen MR) is 61.2 cm³/mol. The van der Waals surface area contributed by atoms with Gasteiger partial charge < -0.3 is 5.32 Å². The fourth-order valence-corrected chi connectivity index (χ4v) is 1.31. The van der Waals surface area contributed by atoms with E-state index in [0.29, 0.717) is 11.5 Å². The van der Waals surface area contributed by atoms with Crippen LogP contribution in [0, 0.1) is 18.3 Å². The van der Waals surface area contributed by atoms with Crippen molar-refractivity contribution in [1.29, 1.82) is 5.26 Å². The van der Waals surface area contributed by atoms with Gasteiger partial charge in [-0.25, -0.2) is 0 Å². The first-order valence-electron chi connectivity index (χ1n) is 4.86. The lowest BCUT2D eigenvalue weighted by Crippen LogP contribution is -1.97. The molecule has 0 amide bonds. The molecular formula is C12H10N4. The summed E-state index contributed by atoms with van der Waals surface area (Å²) in [6, 6.07) is 13.2. The Kier molecular flexibility index (Phi) is 2.79. The molecule has 4 nitrogen and oxygen atoms in total. The van der Waals surface area contributed by atoms with Gasteiger partial charge >= 0.3 is 0 Å². The van der Waals surface area contributed by atoms with Crippen LogP contribution in [0.5, 0.6) is 0 Å². The molecule has 0 bridgehead atoms. The number of benzene rings is 1. The van der Waals surface area contributed by atoms with E-state index in [1.807, 2.05) is 37.3 Å². The molecule has 0 unspecified atom stereocenters. The van der Waals surface area contributed by atoms with Gasteiger partial charge in [0.25, 0.3) is 0 Å². The molecule has 0 aliphatic carbocycles. The van der Waals surface area contributed by atoms with E-state index in [4.69, 9.17) is 5.26 Å².